The molecule has 2 rings (SSSR count). The van der Waals surface area contributed by atoms with E-state index in [0.717, 1.165) is 22.7 Å². The molecule has 0 bridgehead atoms. The highest BCUT2D eigenvalue weighted by atomic mass is 35.5. The molecule has 0 saturated heterocycles. The molecule has 0 saturated carbocycles. The van der Waals surface area contributed by atoms with Crippen LogP contribution < -0.4 is 4.72 Å². The lowest BCUT2D eigenvalue weighted by Gasteiger charge is -2.06. The minimum atomic E-state index is -3.48. The van der Waals surface area contributed by atoms with Crippen molar-refractivity contribution < 1.29 is 8.42 Å². The van der Waals surface area contributed by atoms with Crippen molar-refractivity contribution in [2.75, 3.05) is 6.54 Å². The molecule has 2 aromatic heterocycles. The van der Waals surface area contributed by atoms with Crippen LogP contribution in [0, 0.1) is 13.8 Å². The molecule has 0 atom stereocenters. The number of thiophene rings is 1. The van der Waals surface area contributed by atoms with Crippen LogP contribution in [-0.2, 0) is 16.6 Å². The Hall–Kier alpha value is -0.600. The van der Waals surface area contributed by atoms with E-state index in [1.165, 1.54) is 6.07 Å². The Balaban J connectivity index is 1.88. The summed E-state index contributed by atoms with van der Waals surface area (Å²) in [5.41, 5.74) is 1.67. The fourth-order valence-corrected chi connectivity index (χ4v) is 4.58. The van der Waals surface area contributed by atoms with Crippen molar-refractivity contribution in [2.24, 2.45) is 0 Å². The molecule has 0 aliphatic rings. The largest absolute Gasteiger partial charge is 0.268 e. The van der Waals surface area contributed by atoms with Gasteiger partial charge in [-0.05, 0) is 32.4 Å². The fraction of sp³-hybridized carbons (Fsp3) is 0.417. The summed E-state index contributed by atoms with van der Waals surface area (Å²) in [7, 11) is -3.48. The average molecular weight is 368 g/mol. The molecule has 0 fully saturated rings. The third-order valence-electron chi connectivity index (χ3n) is 2.95. The van der Waals surface area contributed by atoms with E-state index in [1.54, 1.807) is 10.7 Å². The van der Waals surface area contributed by atoms with Crippen LogP contribution in [0.2, 0.25) is 9.36 Å². The van der Waals surface area contributed by atoms with E-state index in [1.807, 2.05) is 13.8 Å². The van der Waals surface area contributed by atoms with Gasteiger partial charge in [-0.3, -0.25) is 4.68 Å². The van der Waals surface area contributed by atoms with Crippen LogP contribution in [0.25, 0.3) is 0 Å². The molecule has 0 unspecified atom stereocenters. The van der Waals surface area contributed by atoms with Gasteiger partial charge in [0.05, 0.1) is 20.7 Å². The van der Waals surface area contributed by atoms with Gasteiger partial charge in [-0.1, -0.05) is 23.2 Å². The molecule has 5 nitrogen and oxygen atoms in total. The van der Waals surface area contributed by atoms with E-state index < -0.39 is 10.0 Å². The quantitative estimate of drug-likeness (QED) is 0.797. The van der Waals surface area contributed by atoms with Crippen molar-refractivity contribution >= 4 is 44.6 Å². The van der Waals surface area contributed by atoms with Gasteiger partial charge < -0.3 is 0 Å². The van der Waals surface area contributed by atoms with Crippen LogP contribution >= 0.6 is 34.5 Å². The van der Waals surface area contributed by atoms with Crippen LogP contribution in [0.5, 0.6) is 0 Å². The lowest BCUT2D eigenvalue weighted by atomic mass is 10.4. The number of aryl methyl sites for hydroxylation is 2. The second kappa shape index (κ2) is 6.66. The lowest BCUT2D eigenvalue weighted by Crippen LogP contribution is -2.25. The van der Waals surface area contributed by atoms with Crippen molar-refractivity contribution in [3.05, 3.63) is 32.9 Å². The van der Waals surface area contributed by atoms with E-state index >= 15 is 0 Å². The van der Waals surface area contributed by atoms with Gasteiger partial charge in [0.2, 0.25) is 10.0 Å². The van der Waals surface area contributed by atoms with Crippen LogP contribution in [0.4, 0.5) is 0 Å². The summed E-state index contributed by atoms with van der Waals surface area (Å²) in [5.74, 6) is 0. The van der Waals surface area contributed by atoms with E-state index in [-0.39, 0.29) is 4.21 Å². The normalized spacial score (nSPS) is 12.0. The molecule has 2 aromatic rings. The highest BCUT2D eigenvalue weighted by Gasteiger charge is 2.16. The Labute approximate surface area is 137 Å². The Kier molecular flexibility index (Phi) is 5.32. The maximum absolute atomic E-state index is 12.0. The van der Waals surface area contributed by atoms with Crippen molar-refractivity contribution in [1.29, 1.82) is 0 Å². The first kappa shape index (κ1) is 16.8. The second-order valence-electron chi connectivity index (χ2n) is 4.52. The zero-order chi connectivity index (χ0) is 15.6. The van der Waals surface area contributed by atoms with Crippen LogP contribution in [-0.4, -0.2) is 24.7 Å². The van der Waals surface area contributed by atoms with Crippen molar-refractivity contribution in [3.8, 4) is 0 Å². The predicted molar refractivity (Wildman–Crippen MR) is 85.8 cm³/mol. The summed E-state index contributed by atoms with van der Waals surface area (Å²) in [6.45, 7) is 4.66. The summed E-state index contributed by atoms with van der Waals surface area (Å²) >= 11 is 12.8. The minimum Gasteiger partial charge on any atom is -0.268 e. The Morgan fingerprint density at radius 3 is 2.57 bits per heavy atom. The fourth-order valence-electron chi connectivity index (χ4n) is 1.84. The van der Waals surface area contributed by atoms with Crippen LogP contribution in [0.3, 0.4) is 0 Å². The second-order valence-corrected chi connectivity index (χ2v) is 8.60. The van der Waals surface area contributed by atoms with Crippen molar-refractivity contribution in [3.63, 3.8) is 0 Å². The molecule has 0 aromatic carbocycles. The first-order valence-corrected chi connectivity index (χ1v) is 9.31. The number of hydrogen-bond donors (Lipinski definition) is 1. The van der Waals surface area contributed by atoms with Crippen molar-refractivity contribution in [2.45, 2.75) is 31.0 Å². The van der Waals surface area contributed by atoms with Gasteiger partial charge in [-0.25, -0.2) is 13.1 Å². The predicted octanol–water partition coefficient (Wildman–Crippen LogP) is 3.24. The van der Waals surface area contributed by atoms with Gasteiger partial charge in [-0.2, -0.15) is 5.10 Å². The van der Waals surface area contributed by atoms with E-state index in [2.05, 4.69) is 9.82 Å². The SMILES string of the molecule is Cc1nn(CCCNS(=O)(=O)c2ccc(Cl)s2)c(C)c1Cl. The zero-order valence-corrected chi connectivity index (χ0v) is 14.7. The van der Waals surface area contributed by atoms with E-state index in [4.69, 9.17) is 23.2 Å². The van der Waals surface area contributed by atoms with Gasteiger partial charge in [0.15, 0.2) is 0 Å². The first-order chi connectivity index (χ1) is 9.81. The molecule has 0 radical (unpaired) electrons. The third-order valence-corrected chi connectivity index (χ3v) is 6.68. The number of hydrogen-bond acceptors (Lipinski definition) is 4. The topological polar surface area (TPSA) is 64.0 Å². The number of halogens is 2. The summed E-state index contributed by atoms with van der Waals surface area (Å²) in [4.78, 5) is 0. The van der Waals surface area contributed by atoms with Gasteiger partial charge >= 0.3 is 0 Å². The number of rotatable bonds is 6. The standard InChI is InChI=1S/C12H15Cl2N3O2S2/c1-8-12(14)9(2)17(16-8)7-3-6-15-21(18,19)11-5-4-10(13)20-11/h4-5,15H,3,6-7H2,1-2H3. The van der Waals surface area contributed by atoms with Gasteiger partial charge in [0, 0.05) is 13.1 Å². The molecule has 2 heterocycles. The highest BCUT2D eigenvalue weighted by molar-refractivity contribution is 7.91. The molecule has 1 N–H and O–H groups in total. The van der Waals surface area contributed by atoms with Gasteiger partial charge in [0.1, 0.15) is 4.21 Å². The van der Waals surface area contributed by atoms with Gasteiger partial charge in [0.25, 0.3) is 0 Å². The molecule has 0 aliphatic carbocycles. The molecule has 0 spiro atoms. The summed E-state index contributed by atoms with van der Waals surface area (Å²) < 4.78 is 29.0. The number of nitrogens with one attached hydrogen (secondary N) is 1. The molecule has 116 valence electrons. The first-order valence-electron chi connectivity index (χ1n) is 6.26. The Morgan fingerprint density at radius 1 is 1.33 bits per heavy atom. The van der Waals surface area contributed by atoms with Gasteiger partial charge in [-0.15, -0.1) is 11.3 Å². The molecule has 0 aliphatic heterocycles. The zero-order valence-electron chi connectivity index (χ0n) is 11.6. The number of aromatic nitrogens is 2. The maximum Gasteiger partial charge on any atom is 0.250 e. The molecule has 21 heavy (non-hydrogen) atoms. The minimum absolute atomic E-state index is 0.224. The molecule has 0 amide bonds. The maximum atomic E-state index is 12.0. The van der Waals surface area contributed by atoms with Crippen molar-refractivity contribution in [1.82, 2.24) is 14.5 Å². The third kappa shape index (κ3) is 3.98. The van der Waals surface area contributed by atoms with Crippen LogP contribution in [0.15, 0.2) is 16.3 Å². The lowest BCUT2D eigenvalue weighted by molar-refractivity contribution is 0.545. The Morgan fingerprint density at radius 2 is 2.05 bits per heavy atom. The highest BCUT2D eigenvalue weighted by Crippen LogP contribution is 2.25. The molecule has 9 heteroatoms. The van der Waals surface area contributed by atoms with E-state index in [0.29, 0.717) is 28.9 Å². The average Bonchev–Trinajstić information content (AvgIpc) is 2.96. The van der Waals surface area contributed by atoms with Crippen LogP contribution in [0.1, 0.15) is 17.8 Å². The number of nitrogens with zero attached hydrogens (tertiary/aromatic N) is 2. The number of sulfonamides is 1. The Bertz CT molecular complexity index is 738. The molecular formula is C12H15Cl2N3O2S2. The smallest absolute Gasteiger partial charge is 0.250 e. The summed E-state index contributed by atoms with van der Waals surface area (Å²) in [6.07, 6.45) is 0.622. The molecular weight excluding hydrogens is 353 g/mol. The summed E-state index contributed by atoms with van der Waals surface area (Å²) in [5, 5.41) is 4.95. The monoisotopic (exact) mass is 367 g/mol. The summed E-state index contributed by atoms with van der Waals surface area (Å²) in [6, 6.07) is 3.06. The van der Waals surface area contributed by atoms with E-state index in [9.17, 15) is 8.42 Å².